The Morgan fingerprint density at radius 2 is 2.11 bits per heavy atom. The normalized spacial score (nSPS) is 25.6. The van der Waals surface area contributed by atoms with E-state index < -0.39 is 0 Å². The Morgan fingerprint density at radius 1 is 1.32 bits per heavy atom. The van der Waals surface area contributed by atoms with Crippen LogP contribution in [0.1, 0.15) is 36.6 Å². The van der Waals surface area contributed by atoms with Gasteiger partial charge in [-0.05, 0) is 26.3 Å². The van der Waals surface area contributed by atoms with Gasteiger partial charge < -0.3 is 4.90 Å². The van der Waals surface area contributed by atoms with E-state index in [0.29, 0.717) is 31.0 Å². The third-order valence-corrected chi connectivity index (χ3v) is 5.89. The minimum absolute atomic E-state index is 0.116. The molecule has 0 aliphatic carbocycles. The standard InChI is InChI=1S/C20H27FN6O/c1-12(10-27-14(3)22-13(2)25-27)20(28)26-9-8-18-16(11-26)19(24-23-18)15-6-4-5-7-17(15)21/h4-7,12,16,18-19,23-24H,8-11H2,1-3H3. The lowest BCUT2D eigenvalue weighted by atomic mass is 9.84. The fraction of sp³-hybridized carbons (Fsp3) is 0.550. The molecule has 2 N–H and O–H groups in total. The number of amides is 1. The minimum Gasteiger partial charge on any atom is -0.342 e. The van der Waals surface area contributed by atoms with E-state index in [2.05, 4.69) is 20.9 Å². The number of likely N-dealkylation sites (tertiary alicyclic amines) is 1. The van der Waals surface area contributed by atoms with Gasteiger partial charge in [0.05, 0.1) is 18.5 Å². The first kappa shape index (κ1) is 19.0. The molecule has 28 heavy (non-hydrogen) atoms. The van der Waals surface area contributed by atoms with Crippen LogP contribution in [0.25, 0.3) is 0 Å². The fourth-order valence-electron chi connectivity index (χ4n) is 4.42. The smallest absolute Gasteiger partial charge is 0.227 e. The maximum atomic E-state index is 14.3. The zero-order chi connectivity index (χ0) is 19.8. The summed E-state index contributed by atoms with van der Waals surface area (Å²) in [6.45, 7) is 7.52. The summed E-state index contributed by atoms with van der Waals surface area (Å²) in [4.78, 5) is 19.3. The number of benzene rings is 1. The molecule has 0 radical (unpaired) electrons. The van der Waals surface area contributed by atoms with E-state index in [0.717, 1.165) is 12.2 Å². The van der Waals surface area contributed by atoms with Gasteiger partial charge in [-0.2, -0.15) is 5.10 Å². The number of hydrazine groups is 1. The molecule has 7 nitrogen and oxygen atoms in total. The minimum atomic E-state index is -0.212. The van der Waals surface area contributed by atoms with Crippen LogP contribution in [0.5, 0.6) is 0 Å². The second-order valence-electron chi connectivity index (χ2n) is 7.92. The van der Waals surface area contributed by atoms with Crippen LogP contribution in [0, 0.1) is 31.5 Å². The maximum absolute atomic E-state index is 14.3. The van der Waals surface area contributed by atoms with Gasteiger partial charge in [0.1, 0.15) is 17.5 Å². The Morgan fingerprint density at radius 3 is 2.82 bits per heavy atom. The first-order chi connectivity index (χ1) is 13.4. The first-order valence-corrected chi connectivity index (χ1v) is 9.86. The Hall–Kier alpha value is -2.32. The average Bonchev–Trinajstić information content (AvgIpc) is 3.23. The summed E-state index contributed by atoms with van der Waals surface area (Å²) in [7, 11) is 0. The Bertz CT molecular complexity index is 868. The van der Waals surface area contributed by atoms with Crippen molar-refractivity contribution in [2.45, 2.75) is 45.8 Å². The van der Waals surface area contributed by atoms with E-state index in [-0.39, 0.29) is 35.6 Å². The Kier molecular flexibility index (Phi) is 5.16. The highest BCUT2D eigenvalue weighted by molar-refractivity contribution is 5.78. The number of aryl methyl sites for hydroxylation is 2. The van der Waals surface area contributed by atoms with Crippen LogP contribution in [-0.2, 0) is 11.3 Å². The molecule has 2 saturated heterocycles. The topological polar surface area (TPSA) is 75.1 Å². The van der Waals surface area contributed by atoms with Gasteiger partial charge in [0.15, 0.2) is 0 Å². The SMILES string of the molecule is Cc1nc(C)n(CC(C)C(=O)N2CCC3NNC(c4ccccc4F)C3C2)n1. The van der Waals surface area contributed by atoms with E-state index in [1.807, 2.05) is 37.8 Å². The monoisotopic (exact) mass is 386 g/mol. The predicted octanol–water partition coefficient (Wildman–Crippen LogP) is 1.74. The zero-order valence-electron chi connectivity index (χ0n) is 16.5. The molecule has 0 bridgehead atoms. The lowest BCUT2D eigenvalue weighted by Gasteiger charge is -2.37. The lowest BCUT2D eigenvalue weighted by Crippen LogP contribution is -2.49. The van der Waals surface area contributed by atoms with Gasteiger partial charge in [0.2, 0.25) is 5.91 Å². The van der Waals surface area contributed by atoms with Crippen molar-refractivity contribution >= 4 is 5.91 Å². The third kappa shape index (κ3) is 3.54. The summed E-state index contributed by atoms with van der Waals surface area (Å²) in [5.41, 5.74) is 7.19. The highest BCUT2D eigenvalue weighted by Crippen LogP contribution is 2.35. The molecule has 8 heteroatoms. The molecule has 2 aliphatic rings. The number of carbonyl (C=O) groups excluding carboxylic acids is 1. The van der Waals surface area contributed by atoms with E-state index in [1.165, 1.54) is 6.07 Å². The highest BCUT2D eigenvalue weighted by atomic mass is 19.1. The second-order valence-corrected chi connectivity index (χ2v) is 7.92. The molecule has 2 aliphatic heterocycles. The van der Waals surface area contributed by atoms with Gasteiger partial charge in [-0.3, -0.25) is 10.2 Å². The Labute approximate surface area is 164 Å². The van der Waals surface area contributed by atoms with Gasteiger partial charge in [-0.1, -0.05) is 25.1 Å². The molecule has 4 unspecified atom stereocenters. The summed E-state index contributed by atoms with van der Waals surface area (Å²) >= 11 is 0. The number of hydrogen-bond acceptors (Lipinski definition) is 5. The number of piperidine rings is 1. The van der Waals surface area contributed by atoms with Crippen molar-refractivity contribution in [3.8, 4) is 0 Å². The summed E-state index contributed by atoms with van der Waals surface area (Å²) in [5, 5.41) is 4.37. The molecule has 2 aromatic rings. The predicted molar refractivity (Wildman–Crippen MR) is 103 cm³/mol. The molecule has 0 spiro atoms. The van der Waals surface area contributed by atoms with Crippen molar-refractivity contribution in [1.82, 2.24) is 30.5 Å². The number of fused-ring (bicyclic) bond motifs is 1. The van der Waals surface area contributed by atoms with Crippen LogP contribution >= 0.6 is 0 Å². The molecule has 2 fully saturated rings. The average molecular weight is 386 g/mol. The summed E-state index contributed by atoms with van der Waals surface area (Å²) in [5.74, 6) is 1.39. The molecule has 1 aromatic carbocycles. The number of carbonyl (C=O) groups is 1. The summed E-state index contributed by atoms with van der Waals surface area (Å²) < 4.78 is 16.1. The Balaban J connectivity index is 1.45. The van der Waals surface area contributed by atoms with Crippen molar-refractivity contribution in [2.24, 2.45) is 11.8 Å². The molecule has 4 atom stereocenters. The van der Waals surface area contributed by atoms with Gasteiger partial charge in [-0.25, -0.2) is 19.5 Å². The molecular formula is C20H27FN6O. The number of nitrogens with zero attached hydrogens (tertiary/aromatic N) is 4. The van der Waals surface area contributed by atoms with Crippen LogP contribution in [0.4, 0.5) is 4.39 Å². The maximum Gasteiger partial charge on any atom is 0.227 e. The zero-order valence-corrected chi connectivity index (χ0v) is 16.5. The second kappa shape index (κ2) is 7.60. The van der Waals surface area contributed by atoms with Crippen LogP contribution in [0.15, 0.2) is 24.3 Å². The molecule has 0 saturated carbocycles. The van der Waals surface area contributed by atoms with Gasteiger partial charge in [0, 0.05) is 30.6 Å². The van der Waals surface area contributed by atoms with E-state index in [1.54, 1.807) is 10.7 Å². The number of aromatic nitrogens is 3. The van der Waals surface area contributed by atoms with Gasteiger partial charge in [-0.15, -0.1) is 0 Å². The van der Waals surface area contributed by atoms with Gasteiger partial charge in [0.25, 0.3) is 0 Å². The molecule has 150 valence electrons. The van der Waals surface area contributed by atoms with Gasteiger partial charge >= 0.3 is 0 Å². The molecule has 1 aromatic heterocycles. The summed E-state index contributed by atoms with van der Waals surface area (Å²) in [6.07, 6.45) is 0.850. The number of rotatable bonds is 4. The largest absolute Gasteiger partial charge is 0.342 e. The van der Waals surface area contributed by atoms with Crippen LogP contribution in [0.2, 0.25) is 0 Å². The van der Waals surface area contributed by atoms with E-state index >= 15 is 0 Å². The number of hydrogen-bond donors (Lipinski definition) is 2. The van der Waals surface area contributed by atoms with Crippen molar-refractivity contribution in [3.05, 3.63) is 47.3 Å². The fourth-order valence-corrected chi connectivity index (χ4v) is 4.42. The molecule has 1 amide bonds. The lowest BCUT2D eigenvalue weighted by molar-refractivity contribution is -0.137. The summed E-state index contributed by atoms with van der Waals surface area (Å²) in [6, 6.07) is 6.95. The number of halogens is 1. The van der Waals surface area contributed by atoms with Crippen LogP contribution < -0.4 is 10.9 Å². The molecular weight excluding hydrogens is 359 g/mol. The quantitative estimate of drug-likeness (QED) is 0.837. The van der Waals surface area contributed by atoms with Crippen molar-refractivity contribution < 1.29 is 9.18 Å². The first-order valence-electron chi connectivity index (χ1n) is 9.86. The number of nitrogens with one attached hydrogen (secondary N) is 2. The van der Waals surface area contributed by atoms with E-state index in [4.69, 9.17) is 0 Å². The van der Waals surface area contributed by atoms with E-state index in [9.17, 15) is 9.18 Å². The van der Waals surface area contributed by atoms with Crippen LogP contribution in [-0.4, -0.2) is 44.7 Å². The molecule has 3 heterocycles. The highest BCUT2D eigenvalue weighted by Gasteiger charge is 2.42. The van der Waals surface area contributed by atoms with Crippen molar-refractivity contribution in [3.63, 3.8) is 0 Å². The van der Waals surface area contributed by atoms with Crippen LogP contribution in [0.3, 0.4) is 0 Å². The van der Waals surface area contributed by atoms with Crippen molar-refractivity contribution in [2.75, 3.05) is 13.1 Å². The molecule has 4 rings (SSSR count). The third-order valence-electron chi connectivity index (χ3n) is 5.89. The van der Waals surface area contributed by atoms with Crippen molar-refractivity contribution in [1.29, 1.82) is 0 Å².